The molecule has 2 aliphatic rings. The van der Waals surface area contributed by atoms with Gasteiger partial charge in [-0.15, -0.1) is 0 Å². The molecule has 1 N–H and O–H groups in total. The van der Waals surface area contributed by atoms with Gasteiger partial charge in [-0.25, -0.2) is 0 Å². The fourth-order valence-corrected chi connectivity index (χ4v) is 3.77. The monoisotopic (exact) mass is 358 g/mol. The first kappa shape index (κ1) is 18.7. The zero-order valence-electron chi connectivity index (χ0n) is 16.3. The Morgan fingerprint density at radius 2 is 2.00 bits per heavy atom. The Morgan fingerprint density at radius 3 is 2.69 bits per heavy atom. The second kappa shape index (κ2) is 7.29. The normalized spacial score (nSPS) is 23.2. The number of hydrogen-bond acceptors (Lipinski definition) is 3. The molecule has 0 spiro atoms. The lowest BCUT2D eigenvalue weighted by Gasteiger charge is -2.33. The van der Waals surface area contributed by atoms with Crippen LogP contribution in [0.4, 0.5) is 5.69 Å². The first-order valence-electron chi connectivity index (χ1n) is 9.63. The Labute approximate surface area is 156 Å². The highest BCUT2D eigenvalue weighted by atomic mass is 16.5. The minimum absolute atomic E-state index is 0.0189. The Bertz CT molecular complexity index is 693. The zero-order chi connectivity index (χ0) is 18.9. The van der Waals surface area contributed by atoms with E-state index in [2.05, 4.69) is 33.0 Å². The molecule has 0 unspecified atom stereocenters. The van der Waals surface area contributed by atoms with Gasteiger partial charge in [-0.2, -0.15) is 0 Å². The molecule has 1 aliphatic heterocycles. The zero-order valence-corrected chi connectivity index (χ0v) is 16.3. The molecule has 5 nitrogen and oxygen atoms in total. The molecule has 0 radical (unpaired) electrons. The van der Waals surface area contributed by atoms with E-state index in [4.69, 9.17) is 4.74 Å². The van der Waals surface area contributed by atoms with Crippen molar-refractivity contribution < 1.29 is 14.3 Å². The van der Waals surface area contributed by atoms with Crippen molar-refractivity contribution in [3.8, 4) is 5.75 Å². The van der Waals surface area contributed by atoms with Gasteiger partial charge in [0.25, 0.3) is 5.91 Å². The van der Waals surface area contributed by atoms with Crippen LogP contribution in [-0.2, 0) is 15.0 Å². The van der Waals surface area contributed by atoms with Crippen LogP contribution in [0.2, 0.25) is 0 Å². The third-order valence-electron chi connectivity index (χ3n) is 5.53. The van der Waals surface area contributed by atoms with E-state index in [0.29, 0.717) is 17.4 Å². The van der Waals surface area contributed by atoms with Crippen molar-refractivity contribution in [1.29, 1.82) is 0 Å². The molecule has 142 valence electrons. The molecular formula is C21H30N2O3. The molecule has 1 aromatic rings. The minimum atomic E-state index is -0.171. The summed E-state index contributed by atoms with van der Waals surface area (Å²) in [7, 11) is 0. The fourth-order valence-electron chi connectivity index (χ4n) is 3.77. The summed E-state index contributed by atoms with van der Waals surface area (Å²) in [6.45, 7) is 8.60. The van der Waals surface area contributed by atoms with Gasteiger partial charge in [-0.05, 0) is 41.9 Å². The van der Waals surface area contributed by atoms with Gasteiger partial charge in [0, 0.05) is 6.04 Å². The van der Waals surface area contributed by atoms with Gasteiger partial charge in [0.15, 0.2) is 6.61 Å². The fraction of sp³-hybridized carbons (Fsp3) is 0.619. The molecule has 1 saturated carbocycles. The molecule has 0 bridgehead atoms. The van der Waals surface area contributed by atoms with E-state index in [0.717, 1.165) is 24.8 Å². The highest BCUT2D eigenvalue weighted by Gasteiger charge is 2.30. The molecule has 0 saturated heterocycles. The van der Waals surface area contributed by atoms with E-state index in [1.807, 2.05) is 18.2 Å². The maximum absolute atomic E-state index is 12.6. The lowest BCUT2D eigenvalue weighted by Crippen LogP contribution is -2.49. The van der Waals surface area contributed by atoms with Gasteiger partial charge >= 0.3 is 0 Å². The minimum Gasteiger partial charge on any atom is -0.482 e. The highest BCUT2D eigenvalue weighted by molar-refractivity contribution is 6.02. The first-order chi connectivity index (χ1) is 12.3. The number of fused-ring (bicyclic) bond motifs is 1. The summed E-state index contributed by atoms with van der Waals surface area (Å²) in [6.07, 6.45) is 4.57. The average molecular weight is 358 g/mol. The molecule has 0 aromatic heterocycles. The summed E-state index contributed by atoms with van der Waals surface area (Å²) in [5.41, 5.74) is 1.77. The van der Waals surface area contributed by atoms with E-state index in [9.17, 15) is 9.59 Å². The van der Waals surface area contributed by atoms with Gasteiger partial charge in [0.05, 0.1) is 5.69 Å². The van der Waals surface area contributed by atoms with Crippen LogP contribution in [0, 0.1) is 5.92 Å². The Kier molecular flexibility index (Phi) is 5.26. The number of nitrogens with zero attached hydrogens (tertiary/aromatic N) is 1. The van der Waals surface area contributed by atoms with Crippen LogP contribution in [0.25, 0.3) is 0 Å². The predicted octanol–water partition coefficient (Wildman–Crippen LogP) is 3.40. The Hall–Kier alpha value is -2.04. The predicted molar refractivity (Wildman–Crippen MR) is 103 cm³/mol. The molecule has 1 aromatic carbocycles. The van der Waals surface area contributed by atoms with Crippen LogP contribution < -0.4 is 15.0 Å². The smallest absolute Gasteiger partial charge is 0.265 e. The van der Waals surface area contributed by atoms with Gasteiger partial charge in [0.2, 0.25) is 5.91 Å². The SMILES string of the molecule is C[C@H]1CCCC[C@@H]1NC(=O)CN1C(=O)COc2ccc(C(C)(C)C)cc21. The molecule has 2 atom stereocenters. The quantitative estimate of drug-likeness (QED) is 0.901. The average Bonchev–Trinajstić information content (AvgIpc) is 2.58. The summed E-state index contributed by atoms with van der Waals surface area (Å²) in [4.78, 5) is 26.6. The number of rotatable bonds is 3. The van der Waals surface area contributed by atoms with Gasteiger partial charge in [-0.3, -0.25) is 14.5 Å². The van der Waals surface area contributed by atoms with Crippen molar-refractivity contribution in [1.82, 2.24) is 5.32 Å². The summed E-state index contributed by atoms with van der Waals surface area (Å²) in [5, 5.41) is 3.14. The van der Waals surface area contributed by atoms with Crippen molar-refractivity contribution in [2.45, 2.75) is 64.8 Å². The number of hydrogen-bond donors (Lipinski definition) is 1. The van der Waals surface area contributed by atoms with Gasteiger partial charge < -0.3 is 10.1 Å². The molecule has 3 rings (SSSR count). The molecule has 2 amide bonds. The van der Waals surface area contributed by atoms with Crippen molar-refractivity contribution in [3.05, 3.63) is 23.8 Å². The van der Waals surface area contributed by atoms with Gasteiger partial charge in [-0.1, -0.05) is 46.6 Å². The second-order valence-corrected chi connectivity index (χ2v) is 8.64. The van der Waals surface area contributed by atoms with E-state index in [1.165, 1.54) is 6.42 Å². The number of ether oxygens (including phenoxy) is 1. The third-order valence-corrected chi connectivity index (χ3v) is 5.53. The van der Waals surface area contributed by atoms with E-state index >= 15 is 0 Å². The summed E-state index contributed by atoms with van der Waals surface area (Å²) >= 11 is 0. The van der Waals surface area contributed by atoms with Crippen LogP contribution in [0.1, 0.15) is 58.9 Å². The van der Waals surface area contributed by atoms with Crippen LogP contribution in [0.15, 0.2) is 18.2 Å². The molecule has 5 heteroatoms. The second-order valence-electron chi connectivity index (χ2n) is 8.64. The standard InChI is InChI=1S/C21H30N2O3/c1-14-7-5-6-8-16(14)22-19(24)12-23-17-11-15(21(2,3)4)9-10-18(17)26-13-20(23)25/h9-11,14,16H,5-8,12-13H2,1-4H3,(H,22,24)/t14-,16-/m0/s1. The van der Waals surface area contributed by atoms with E-state index in [1.54, 1.807) is 4.90 Å². The van der Waals surface area contributed by atoms with Gasteiger partial charge in [0.1, 0.15) is 12.3 Å². The number of benzene rings is 1. The number of anilines is 1. The van der Waals surface area contributed by atoms with Crippen molar-refractivity contribution >= 4 is 17.5 Å². The maximum atomic E-state index is 12.6. The number of carbonyl (C=O) groups excluding carboxylic acids is 2. The Balaban J connectivity index is 1.77. The van der Waals surface area contributed by atoms with Crippen LogP contribution >= 0.6 is 0 Å². The summed E-state index contributed by atoms with van der Waals surface area (Å²) < 4.78 is 5.56. The summed E-state index contributed by atoms with van der Waals surface area (Å²) in [5.74, 6) is 0.894. The van der Waals surface area contributed by atoms with Crippen LogP contribution in [-0.4, -0.2) is 31.0 Å². The third kappa shape index (κ3) is 4.02. The largest absolute Gasteiger partial charge is 0.482 e. The van der Waals surface area contributed by atoms with Crippen LogP contribution in [0.5, 0.6) is 5.75 Å². The lowest BCUT2D eigenvalue weighted by atomic mass is 9.86. The van der Waals surface area contributed by atoms with E-state index < -0.39 is 0 Å². The van der Waals surface area contributed by atoms with Crippen molar-refractivity contribution in [3.63, 3.8) is 0 Å². The lowest BCUT2D eigenvalue weighted by molar-refractivity contribution is -0.126. The highest BCUT2D eigenvalue weighted by Crippen LogP contribution is 2.36. The summed E-state index contributed by atoms with van der Waals surface area (Å²) in [6, 6.07) is 6.11. The number of amides is 2. The Morgan fingerprint density at radius 1 is 1.27 bits per heavy atom. The molecule has 1 aliphatic carbocycles. The molecule has 1 heterocycles. The first-order valence-corrected chi connectivity index (χ1v) is 9.63. The number of carbonyl (C=O) groups is 2. The van der Waals surface area contributed by atoms with Crippen LogP contribution in [0.3, 0.4) is 0 Å². The topological polar surface area (TPSA) is 58.6 Å². The van der Waals surface area contributed by atoms with Crippen molar-refractivity contribution in [2.24, 2.45) is 5.92 Å². The number of nitrogens with one attached hydrogen (secondary N) is 1. The van der Waals surface area contributed by atoms with Crippen molar-refractivity contribution in [2.75, 3.05) is 18.1 Å². The molecule has 1 fully saturated rings. The van der Waals surface area contributed by atoms with E-state index in [-0.39, 0.29) is 36.4 Å². The maximum Gasteiger partial charge on any atom is 0.265 e. The molecular weight excluding hydrogens is 328 g/mol. The molecule has 26 heavy (non-hydrogen) atoms.